The Balaban J connectivity index is 0. The van der Waals surface area contributed by atoms with Crippen molar-refractivity contribution in [3.8, 4) is 0 Å². The first kappa shape index (κ1) is 14.0. The Morgan fingerprint density at radius 3 is 1.38 bits per heavy atom. The molecule has 0 fully saturated rings. The Hall–Kier alpha value is -1.50. The van der Waals surface area contributed by atoms with Gasteiger partial charge in [-0.3, -0.25) is 0 Å². The molecule has 0 aliphatic carbocycles. The molecule has 0 aliphatic heterocycles. The number of halogens is 3. The molecule has 0 aromatic heterocycles. The highest BCUT2D eigenvalue weighted by atomic mass is 32.2. The van der Waals surface area contributed by atoms with E-state index in [1.807, 2.05) is 0 Å². The van der Waals surface area contributed by atoms with Crippen molar-refractivity contribution in [3.05, 3.63) is 0 Å². The van der Waals surface area contributed by atoms with Crippen LogP contribution in [-0.4, -0.2) is 27.3 Å². The first-order valence-electron chi connectivity index (χ1n) is 2.21. The first-order chi connectivity index (χ1) is 5.85. The Morgan fingerprint density at radius 1 is 1.00 bits per heavy atom. The Labute approximate surface area is 70.0 Å². The first-order valence-corrected chi connectivity index (χ1v) is 3.61. The third-order valence-electron chi connectivity index (χ3n) is 0.305. The molecule has 10 heteroatoms. The summed E-state index contributed by atoms with van der Waals surface area (Å²) in [6.07, 6.45) is 1.41. The van der Waals surface area contributed by atoms with Gasteiger partial charge in [-0.2, -0.15) is 21.6 Å². The van der Waals surface area contributed by atoms with Crippen LogP contribution in [0.25, 0.3) is 0 Å². The standard InChI is InChI=1S/C2N2O4S.CHF3/c5-1-3-9(7,8)4-2-6;2-1(3)4/h;1H. The van der Waals surface area contributed by atoms with Crippen molar-refractivity contribution in [2.45, 2.75) is 6.68 Å². The van der Waals surface area contributed by atoms with E-state index in [2.05, 4.69) is 8.80 Å². The van der Waals surface area contributed by atoms with E-state index in [4.69, 9.17) is 0 Å². The van der Waals surface area contributed by atoms with Crippen LogP contribution in [0.5, 0.6) is 0 Å². The van der Waals surface area contributed by atoms with E-state index in [0.29, 0.717) is 12.2 Å². The highest BCUT2D eigenvalue weighted by Crippen LogP contribution is 1.87. The Kier molecular flexibility index (Phi) is 7.74. The molecule has 0 unspecified atom stereocenters. The van der Waals surface area contributed by atoms with Crippen LogP contribution >= 0.6 is 0 Å². The minimum atomic E-state index is -4.28. The molecule has 0 atom stereocenters. The molecule has 6 nitrogen and oxygen atoms in total. The van der Waals surface area contributed by atoms with Crippen molar-refractivity contribution >= 4 is 22.4 Å². The van der Waals surface area contributed by atoms with Gasteiger partial charge in [-0.05, 0) is 0 Å². The normalized spacial score (nSPS) is 8.92. The molecule has 0 amide bonds. The van der Waals surface area contributed by atoms with Crippen LogP contribution < -0.4 is 0 Å². The molecule has 13 heavy (non-hydrogen) atoms. The minimum Gasteiger partial charge on any atom is -0.210 e. The fourth-order valence-corrected chi connectivity index (χ4v) is 0.344. The van der Waals surface area contributed by atoms with Gasteiger partial charge in [-0.25, -0.2) is 9.59 Å². The molecule has 0 heterocycles. The van der Waals surface area contributed by atoms with E-state index in [-0.39, 0.29) is 0 Å². The highest BCUT2D eigenvalue weighted by Gasteiger charge is 2.00. The van der Waals surface area contributed by atoms with Crippen molar-refractivity contribution in [1.29, 1.82) is 0 Å². The maximum absolute atomic E-state index is 9.97. The molecule has 0 aliphatic rings. The number of hydrogen-bond donors (Lipinski definition) is 0. The molecule has 0 aromatic carbocycles. The molecule has 0 aromatic rings. The molecule has 0 bridgehead atoms. The largest absolute Gasteiger partial charge is 0.383 e. The fraction of sp³-hybridized carbons (Fsp3) is 0.333. The lowest BCUT2D eigenvalue weighted by atomic mass is 11.6. The maximum atomic E-state index is 9.97. The topological polar surface area (TPSA) is 93.0 Å². The third kappa shape index (κ3) is 18.0. The number of carbonyl (C=O) groups excluding carboxylic acids is 2. The van der Waals surface area contributed by atoms with Crippen LogP contribution in [0.4, 0.5) is 13.2 Å². The Morgan fingerprint density at radius 2 is 1.23 bits per heavy atom. The monoisotopic (exact) mass is 218 g/mol. The van der Waals surface area contributed by atoms with Gasteiger partial charge in [0.05, 0.1) is 0 Å². The summed E-state index contributed by atoms with van der Waals surface area (Å²) in [6.45, 7) is -3.67. The van der Waals surface area contributed by atoms with Crippen LogP contribution in [0.3, 0.4) is 0 Å². The van der Waals surface area contributed by atoms with Crippen LogP contribution in [0, 0.1) is 0 Å². The summed E-state index contributed by atoms with van der Waals surface area (Å²) in [7, 11) is -4.28. The summed E-state index contributed by atoms with van der Waals surface area (Å²) in [4.78, 5) is 18.5. The van der Waals surface area contributed by atoms with Gasteiger partial charge < -0.3 is 0 Å². The summed E-state index contributed by atoms with van der Waals surface area (Å²) in [5.74, 6) is 0. The number of isocyanates is 2. The van der Waals surface area contributed by atoms with Crippen LogP contribution in [0.1, 0.15) is 0 Å². The predicted molar refractivity (Wildman–Crippen MR) is 32.3 cm³/mol. The summed E-state index contributed by atoms with van der Waals surface area (Å²) in [5.41, 5.74) is 0. The molecule has 0 saturated carbocycles. The van der Waals surface area contributed by atoms with E-state index < -0.39 is 16.9 Å². The van der Waals surface area contributed by atoms with Gasteiger partial charge in [-0.15, -0.1) is 0 Å². The molecule has 0 saturated heterocycles. The third-order valence-corrected chi connectivity index (χ3v) is 0.916. The van der Waals surface area contributed by atoms with Crippen LogP contribution in [-0.2, 0) is 19.8 Å². The van der Waals surface area contributed by atoms with Gasteiger partial charge in [0.2, 0.25) is 0 Å². The molecule has 0 spiro atoms. The zero-order chi connectivity index (χ0) is 10.9. The zero-order valence-corrected chi connectivity index (χ0v) is 6.46. The number of nitrogens with zero attached hydrogens (tertiary/aromatic N) is 2. The van der Waals surface area contributed by atoms with Crippen LogP contribution in [0.15, 0.2) is 8.80 Å². The number of hydrogen-bond acceptors (Lipinski definition) is 4. The zero-order valence-electron chi connectivity index (χ0n) is 5.65. The maximum Gasteiger partial charge on any atom is 0.383 e. The average molecular weight is 218 g/mol. The molecule has 0 rings (SSSR count). The van der Waals surface area contributed by atoms with Gasteiger partial charge in [-0.1, -0.05) is 8.80 Å². The van der Waals surface area contributed by atoms with Crippen molar-refractivity contribution in [2.75, 3.05) is 0 Å². The second kappa shape index (κ2) is 7.17. The Bertz CT molecular complexity index is 300. The summed E-state index contributed by atoms with van der Waals surface area (Å²) < 4.78 is 53.3. The quantitative estimate of drug-likeness (QED) is 0.484. The van der Waals surface area contributed by atoms with Gasteiger partial charge in [0.15, 0.2) is 0 Å². The summed E-state index contributed by atoms with van der Waals surface area (Å²) >= 11 is 0. The van der Waals surface area contributed by atoms with Gasteiger partial charge in [0.1, 0.15) is 0 Å². The lowest BCUT2D eigenvalue weighted by Crippen LogP contribution is -1.86. The van der Waals surface area contributed by atoms with E-state index >= 15 is 0 Å². The van der Waals surface area contributed by atoms with Crippen LogP contribution in [0.2, 0.25) is 0 Å². The van der Waals surface area contributed by atoms with E-state index in [0.717, 1.165) is 0 Å². The van der Waals surface area contributed by atoms with Gasteiger partial charge in [0, 0.05) is 0 Å². The summed E-state index contributed by atoms with van der Waals surface area (Å²) in [5, 5.41) is 0. The van der Waals surface area contributed by atoms with Crippen molar-refractivity contribution < 1.29 is 31.2 Å². The molecule has 0 N–H and O–H groups in total. The van der Waals surface area contributed by atoms with E-state index in [1.54, 1.807) is 0 Å². The predicted octanol–water partition coefficient (Wildman–Crippen LogP) is 0.0813. The van der Waals surface area contributed by atoms with Crippen molar-refractivity contribution in [3.63, 3.8) is 0 Å². The van der Waals surface area contributed by atoms with E-state index in [1.165, 1.54) is 0 Å². The fourth-order valence-electron chi connectivity index (χ4n) is 0.115. The molecular formula is C3HF3N2O4S. The smallest absolute Gasteiger partial charge is 0.210 e. The van der Waals surface area contributed by atoms with Crippen molar-refractivity contribution in [2.24, 2.45) is 8.80 Å². The molecule has 0 radical (unpaired) electrons. The van der Waals surface area contributed by atoms with Gasteiger partial charge >= 0.3 is 16.9 Å². The number of alkyl halides is 3. The lowest BCUT2D eigenvalue weighted by molar-refractivity contribution is 0.00819. The second-order valence-corrected chi connectivity index (χ2v) is 2.32. The second-order valence-electron chi connectivity index (χ2n) is 1.06. The molecule has 74 valence electrons. The minimum absolute atomic E-state index is 0.707. The lowest BCUT2D eigenvalue weighted by Gasteiger charge is -1.72. The summed E-state index contributed by atoms with van der Waals surface area (Å²) in [6, 6.07) is 0. The van der Waals surface area contributed by atoms with E-state index in [9.17, 15) is 31.2 Å². The van der Waals surface area contributed by atoms with Gasteiger partial charge in [0.25, 0.3) is 12.2 Å². The number of rotatable bonds is 2. The average Bonchev–Trinajstić information content (AvgIpc) is 1.84. The molecular weight excluding hydrogens is 217 g/mol. The SMILES string of the molecule is FC(F)F.O=C=NS(=O)(=O)N=C=O. The highest BCUT2D eigenvalue weighted by molar-refractivity contribution is 7.89. The van der Waals surface area contributed by atoms with Crippen molar-refractivity contribution in [1.82, 2.24) is 0 Å².